The van der Waals surface area contributed by atoms with E-state index in [9.17, 15) is 14.7 Å². The predicted molar refractivity (Wildman–Crippen MR) is 63.3 cm³/mol. The van der Waals surface area contributed by atoms with Gasteiger partial charge < -0.3 is 20.9 Å². The van der Waals surface area contributed by atoms with Gasteiger partial charge in [-0.15, -0.1) is 0 Å². The molecular weight excluding hydrogens is 238 g/mol. The van der Waals surface area contributed by atoms with Gasteiger partial charge >= 0.3 is 5.97 Å². The minimum atomic E-state index is -1.49. The van der Waals surface area contributed by atoms with Gasteiger partial charge in [0.1, 0.15) is 5.82 Å². The first kappa shape index (κ1) is 11.6. The standard InChI is InChI=1S/C11H9N3O4/c12-6-4-2-1-3-5(6)9-13-7(11(17)18)8(15)10(16)14-9/h1-4,15H,12H2,(H,17,18)(H,13,14,16). The molecule has 1 aromatic heterocycles. The van der Waals surface area contributed by atoms with Crippen LogP contribution in [0, 0.1) is 0 Å². The topological polar surface area (TPSA) is 129 Å². The Bertz CT molecular complexity index is 678. The minimum Gasteiger partial charge on any atom is -0.501 e. The maximum Gasteiger partial charge on any atom is 0.358 e. The number of aromatic carboxylic acids is 1. The highest BCUT2D eigenvalue weighted by atomic mass is 16.4. The molecule has 0 saturated heterocycles. The van der Waals surface area contributed by atoms with Crippen molar-refractivity contribution in [1.29, 1.82) is 0 Å². The van der Waals surface area contributed by atoms with E-state index in [0.717, 1.165) is 0 Å². The highest BCUT2D eigenvalue weighted by molar-refractivity contribution is 5.89. The molecule has 0 spiro atoms. The van der Waals surface area contributed by atoms with Crippen LogP contribution < -0.4 is 11.3 Å². The van der Waals surface area contributed by atoms with Crippen LogP contribution in [-0.2, 0) is 0 Å². The summed E-state index contributed by atoms with van der Waals surface area (Å²) in [6.07, 6.45) is 0. The van der Waals surface area contributed by atoms with E-state index in [4.69, 9.17) is 10.8 Å². The number of carboxylic acids is 1. The number of nitrogens with zero attached hydrogens (tertiary/aromatic N) is 1. The number of carboxylic acid groups (broad SMARTS) is 1. The zero-order valence-corrected chi connectivity index (χ0v) is 9.04. The summed E-state index contributed by atoms with van der Waals surface area (Å²) in [4.78, 5) is 28.2. The number of hydrogen-bond donors (Lipinski definition) is 4. The lowest BCUT2D eigenvalue weighted by Crippen LogP contribution is -2.15. The molecule has 0 aliphatic carbocycles. The molecule has 18 heavy (non-hydrogen) atoms. The fourth-order valence-corrected chi connectivity index (χ4v) is 1.46. The minimum absolute atomic E-state index is 0.00620. The van der Waals surface area contributed by atoms with Crippen LogP contribution in [0.1, 0.15) is 10.5 Å². The average molecular weight is 247 g/mol. The lowest BCUT2D eigenvalue weighted by Gasteiger charge is -2.06. The first-order chi connectivity index (χ1) is 8.50. The molecule has 0 aliphatic rings. The Morgan fingerprint density at radius 2 is 2.00 bits per heavy atom. The number of anilines is 1. The second-order valence-corrected chi connectivity index (χ2v) is 3.50. The van der Waals surface area contributed by atoms with Crippen molar-refractivity contribution in [2.24, 2.45) is 0 Å². The van der Waals surface area contributed by atoms with E-state index in [-0.39, 0.29) is 5.82 Å². The Labute approximate surface area is 101 Å². The third-order valence-corrected chi connectivity index (χ3v) is 2.31. The highest BCUT2D eigenvalue weighted by Crippen LogP contribution is 2.22. The maximum atomic E-state index is 11.4. The third-order valence-electron chi connectivity index (χ3n) is 2.31. The fourth-order valence-electron chi connectivity index (χ4n) is 1.46. The van der Waals surface area contributed by atoms with E-state index in [1.807, 2.05) is 0 Å². The third kappa shape index (κ3) is 1.88. The number of nitrogens with two attached hydrogens (primary N) is 1. The first-order valence-corrected chi connectivity index (χ1v) is 4.92. The number of aromatic amines is 1. The molecule has 0 bridgehead atoms. The van der Waals surface area contributed by atoms with Crippen LogP contribution in [-0.4, -0.2) is 26.2 Å². The number of hydrogen-bond acceptors (Lipinski definition) is 5. The molecule has 0 atom stereocenters. The van der Waals surface area contributed by atoms with E-state index in [2.05, 4.69) is 9.97 Å². The van der Waals surface area contributed by atoms with E-state index < -0.39 is 23.0 Å². The zero-order valence-electron chi connectivity index (χ0n) is 9.04. The van der Waals surface area contributed by atoms with Crippen molar-refractivity contribution in [2.75, 3.05) is 5.73 Å². The molecule has 7 nitrogen and oxygen atoms in total. The summed E-state index contributed by atoms with van der Waals surface area (Å²) in [5.41, 5.74) is 4.78. The molecule has 0 fully saturated rings. The molecule has 0 radical (unpaired) electrons. The van der Waals surface area contributed by atoms with Crippen molar-refractivity contribution in [1.82, 2.24) is 9.97 Å². The molecule has 0 amide bonds. The van der Waals surface area contributed by atoms with Crippen molar-refractivity contribution in [3.8, 4) is 17.1 Å². The molecule has 1 heterocycles. The van der Waals surface area contributed by atoms with Gasteiger partial charge in [-0.3, -0.25) is 4.79 Å². The summed E-state index contributed by atoms with van der Waals surface area (Å²) in [6, 6.07) is 6.52. The van der Waals surface area contributed by atoms with E-state index in [1.54, 1.807) is 24.3 Å². The summed E-state index contributed by atoms with van der Waals surface area (Å²) in [7, 11) is 0. The quantitative estimate of drug-likeness (QED) is 0.569. The summed E-state index contributed by atoms with van der Waals surface area (Å²) in [5.74, 6) is -2.43. The van der Waals surface area contributed by atoms with Crippen molar-refractivity contribution >= 4 is 11.7 Å². The van der Waals surface area contributed by atoms with Gasteiger partial charge in [0.05, 0.1) is 0 Å². The molecule has 0 aliphatic heterocycles. The van der Waals surface area contributed by atoms with Crippen molar-refractivity contribution in [3.05, 3.63) is 40.3 Å². The van der Waals surface area contributed by atoms with Gasteiger partial charge in [-0.2, -0.15) is 0 Å². The Kier molecular flexibility index (Phi) is 2.72. The van der Waals surface area contributed by atoms with Gasteiger partial charge in [-0.1, -0.05) is 12.1 Å². The Morgan fingerprint density at radius 1 is 1.33 bits per heavy atom. The predicted octanol–water partition coefficient (Wildman–Crippen LogP) is 0.423. The van der Waals surface area contributed by atoms with Crippen molar-refractivity contribution in [2.45, 2.75) is 0 Å². The second kappa shape index (κ2) is 4.21. The molecular formula is C11H9N3O4. The van der Waals surface area contributed by atoms with Crippen LogP contribution in [0.5, 0.6) is 5.75 Å². The van der Waals surface area contributed by atoms with E-state index >= 15 is 0 Å². The summed E-state index contributed by atoms with van der Waals surface area (Å²) in [5, 5.41) is 18.1. The van der Waals surface area contributed by atoms with E-state index in [1.165, 1.54) is 0 Å². The lowest BCUT2D eigenvalue weighted by molar-refractivity contribution is 0.0686. The maximum absolute atomic E-state index is 11.4. The Hall–Kier alpha value is -2.83. The summed E-state index contributed by atoms with van der Waals surface area (Å²) < 4.78 is 0. The van der Waals surface area contributed by atoms with Gasteiger partial charge in [0.15, 0.2) is 5.69 Å². The SMILES string of the molecule is Nc1ccccc1-c1nc(C(=O)O)c(O)c(=O)[nH]1. The zero-order chi connectivity index (χ0) is 13.3. The molecule has 1 aromatic carbocycles. The number of carbonyl (C=O) groups is 1. The van der Waals surface area contributed by atoms with Crippen LogP contribution in [0.4, 0.5) is 5.69 Å². The molecule has 7 heteroatoms. The molecule has 2 rings (SSSR count). The normalized spacial score (nSPS) is 10.2. The summed E-state index contributed by atoms with van der Waals surface area (Å²) >= 11 is 0. The van der Waals surface area contributed by atoms with Crippen LogP contribution in [0.3, 0.4) is 0 Å². The lowest BCUT2D eigenvalue weighted by atomic mass is 10.1. The van der Waals surface area contributed by atoms with Crippen LogP contribution in [0.15, 0.2) is 29.1 Å². The fraction of sp³-hybridized carbons (Fsp3) is 0. The smallest absolute Gasteiger partial charge is 0.358 e. The van der Waals surface area contributed by atoms with Gasteiger partial charge in [0, 0.05) is 11.3 Å². The highest BCUT2D eigenvalue weighted by Gasteiger charge is 2.18. The molecule has 0 saturated carbocycles. The van der Waals surface area contributed by atoms with Gasteiger partial charge in [0.2, 0.25) is 5.75 Å². The number of aromatic nitrogens is 2. The first-order valence-electron chi connectivity index (χ1n) is 4.92. The molecule has 5 N–H and O–H groups in total. The number of rotatable bonds is 2. The summed E-state index contributed by atoms with van der Waals surface area (Å²) in [6.45, 7) is 0. The Morgan fingerprint density at radius 3 is 2.61 bits per heavy atom. The largest absolute Gasteiger partial charge is 0.501 e. The van der Waals surface area contributed by atoms with Gasteiger partial charge in [-0.25, -0.2) is 9.78 Å². The second-order valence-electron chi connectivity index (χ2n) is 3.50. The van der Waals surface area contributed by atoms with E-state index in [0.29, 0.717) is 11.3 Å². The van der Waals surface area contributed by atoms with Crippen molar-refractivity contribution in [3.63, 3.8) is 0 Å². The van der Waals surface area contributed by atoms with Crippen LogP contribution in [0.25, 0.3) is 11.4 Å². The molecule has 92 valence electrons. The number of para-hydroxylation sites is 1. The van der Waals surface area contributed by atoms with Crippen molar-refractivity contribution < 1.29 is 15.0 Å². The average Bonchev–Trinajstić information content (AvgIpc) is 2.33. The van der Waals surface area contributed by atoms with Crippen LogP contribution in [0.2, 0.25) is 0 Å². The molecule has 0 unspecified atom stereocenters. The number of aromatic hydroxyl groups is 1. The number of H-pyrrole nitrogens is 1. The molecule has 2 aromatic rings. The Balaban J connectivity index is 2.71. The number of nitrogen functional groups attached to an aromatic ring is 1. The van der Waals surface area contributed by atoms with Gasteiger partial charge in [0.25, 0.3) is 5.56 Å². The number of benzene rings is 1. The number of nitrogens with one attached hydrogen (secondary N) is 1. The monoisotopic (exact) mass is 247 g/mol. The van der Waals surface area contributed by atoms with Crippen LogP contribution >= 0.6 is 0 Å². The van der Waals surface area contributed by atoms with Gasteiger partial charge in [-0.05, 0) is 12.1 Å².